The highest BCUT2D eigenvalue weighted by atomic mass is 16.5. The summed E-state index contributed by atoms with van der Waals surface area (Å²) in [4.78, 5) is 0. The van der Waals surface area contributed by atoms with Gasteiger partial charge in [0.1, 0.15) is 0 Å². The molecule has 0 saturated carbocycles. The Morgan fingerprint density at radius 3 is 2.69 bits per heavy atom. The number of rotatable bonds is 6. The van der Waals surface area contributed by atoms with E-state index in [0.29, 0.717) is 6.04 Å². The van der Waals surface area contributed by atoms with Crippen LogP contribution in [0.5, 0.6) is 0 Å². The Kier molecular flexibility index (Phi) is 5.33. The van der Waals surface area contributed by atoms with Crippen molar-refractivity contribution in [3.63, 3.8) is 0 Å². The van der Waals surface area contributed by atoms with E-state index in [4.69, 9.17) is 4.74 Å². The van der Waals surface area contributed by atoms with Crippen molar-refractivity contribution in [2.75, 3.05) is 18.5 Å². The minimum Gasteiger partial charge on any atom is -0.380 e. The first-order valence-electron chi connectivity index (χ1n) is 6.11. The van der Waals surface area contributed by atoms with Crippen LogP contribution in [0.2, 0.25) is 0 Å². The molecule has 1 N–H and O–H groups in total. The monoisotopic (exact) mass is 221 g/mol. The lowest BCUT2D eigenvalue weighted by atomic mass is 10.1. The first-order valence-corrected chi connectivity index (χ1v) is 6.11. The first-order chi connectivity index (χ1) is 7.69. The lowest BCUT2D eigenvalue weighted by Gasteiger charge is -2.19. The summed E-state index contributed by atoms with van der Waals surface area (Å²) in [6.45, 7) is 10.1. The normalized spacial score (nSPS) is 12.5. The van der Waals surface area contributed by atoms with Crippen LogP contribution in [-0.4, -0.2) is 19.3 Å². The SMILES string of the molecule is CCOC[C@H](C)Nc1c(C)cccc1CC. The Hall–Kier alpha value is -1.02. The van der Waals surface area contributed by atoms with E-state index in [9.17, 15) is 0 Å². The summed E-state index contributed by atoms with van der Waals surface area (Å²) < 4.78 is 5.42. The van der Waals surface area contributed by atoms with Gasteiger partial charge in [0.15, 0.2) is 0 Å². The summed E-state index contributed by atoms with van der Waals surface area (Å²) in [6.07, 6.45) is 1.06. The van der Waals surface area contributed by atoms with Gasteiger partial charge in [-0.2, -0.15) is 0 Å². The molecule has 90 valence electrons. The summed E-state index contributed by atoms with van der Waals surface area (Å²) >= 11 is 0. The number of aryl methyl sites for hydroxylation is 2. The number of ether oxygens (including phenoxy) is 1. The molecule has 0 saturated heterocycles. The second kappa shape index (κ2) is 6.54. The van der Waals surface area contributed by atoms with Gasteiger partial charge in [-0.25, -0.2) is 0 Å². The molecule has 0 aliphatic carbocycles. The van der Waals surface area contributed by atoms with Crippen LogP contribution < -0.4 is 5.32 Å². The van der Waals surface area contributed by atoms with Crippen molar-refractivity contribution >= 4 is 5.69 Å². The first kappa shape index (κ1) is 13.0. The van der Waals surface area contributed by atoms with E-state index in [-0.39, 0.29) is 0 Å². The molecule has 1 aromatic carbocycles. The van der Waals surface area contributed by atoms with Crippen LogP contribution in [0.1, 0.15) is 31.9 Å². The number of anilines is 1. The Labute approximate surface area is 99.0 Å². The van der Waals surface area contributed by atoms with Gasteiger partial charge in [-0.3, -0.25) is 0 Å². The number of para-hydroxylation sites is 1. The zero-order valence-electron chi connectivity index (χ0n) is 10.8. The molecule has 0 aliphatic rings. The van der Waals surface area contributed by atoms with Crippen molar-refractivity contribution in [3.8, 4) is 0 Å². The Balaban J connectivity index is 2.71. The summed E-state index contributed by atoms with van der Waals surface area (Å²) in [5.41, 5.74) is 3.96. The standard InChI is InChI=1S/C14H23NO/c1-5-13-9-7-8-11(3)14(13)15-12(4)10-16-6-2/h7-9,12,15H,5-6,10H2,1-4H3/t12-/m0/s1. The predicted molar refractivity (Wildman–Crippen MR) is 70.1 cm³/mol. The van der Waals surface area contributed by atoms with Crippen LogP contribution >= 0.6 is 0 Å². The molecule has 16 heavy (non-hydrogen) atoms. The fourth-order valence-electron chi connectivity index (χ4n) is 1.81. The molecular formula is C14H23NO. The van der Waals surface area contributed by atoms with Crippen molar-refractivity contribution in [2.24, 2.45) is 0 Å². The van der Waals surface area contributed by atoms with Gasteiger partial charge in [-0.05, 0) is 38.3 Å². The summed E-state index contributed by atoms with van der Waals surface area (Å²) in [5, 5.41) is 3.54. The maximum atomic E-state index is 5.42. The molecule has 0 radical (unpaired) electrons. The molecule has 0 aliphatic heterocycles. The second-order valence-electron chi connectivity index (χ2n) is 4.17. The van der Waals surface area contributed by atoms with Gasteiger partial charge in [0, 0.05) is 18.3 Å². The van der Waals surface area contributed by atoms with Crippen LogP contribution in [0.25, 0.3) is 0 Å². The lowest BCUT2D eigenvalue weighted by Crippen LogP contribution is -2.23. The molecule has 2 heteroatoms. The minimum atomic E-state index is 0.353. The van der Waals surface area contributed by atoms with Crippen LogP contribution in [0.4, 0.5) is 5.69 Å². The van der Waals surface area contributed by atoms with Crippen LogP contribution in [-0.2, 0) is 11.2 Å². The maximum Gasteiger partial charge on any atom is 0.0664 e. The average Bonchev–Trinajstić information content (AvgIpc) is 2.29. The summed E-state index contributed by atoms with van der Waals surface area (Å²) in [5.74, 6) is 0. The molecule has 1 atom stereocenters. The van der Waals surface area contributed by atoms with E-state index < -0.39 is 0 Å². The topological polar surface area (TPSA) is 21.3 Å². The molecule has 2 nitrogen and oxygen atoms in total. The fourth-order valence-corrected chi connectivity index (χ4v) is 1.81. The third kappa shape index (κ3) is 3.53. The van der Waals surface area contributed by atoms with Gasteiger partial charge in [0.2, 0.25) is 0 Å². The van der Waals surface area contributed by atoms with Crippen LogP contribution in [0.15, 0.2) is 18.2 Å². The highest BCUT2D eigenvalue weighted by Crippen LogP contribution is 2.21. The van der Waals surface area contributed by atoms with Crippen molar-refractivity contribution in [2.45, 2.75) is 40.2 Å². The highest BCUT2D eigenvalue weighted by molar-refractivity contribution is 5.57. The molecule has 0 aromatic heterocycles. The van der Waals surface area contributed by atoms with E-state index in [1.165, 1.54) is 16.8 Å². The van der Waals surface area contributed by atoms with Crippen molar-refractivity contribution in [3.05, 3.63) is 29.3 Å². The quantitative estimate of drug-likeness (QED) is 0.795. The van der Waals surface area contributed by atoms with Gasteiger partial charge in [-0.1, -0.05) is 25.1 Å². The van der Waals surface area contributed by atoms with Crippen molar-refractivity contribution < 1.29 is 4.74 Å². The molecule has 0 bridgehead atoms. The highest BCUT2D eigenvalue weighted by Gasteiger charge is 2.07. The third-order valence-corrected chi connectivity index (χ3v) is 2.70. The lowest BCUT2D eigenvalue weighted by molar-refractivity contribution is 0.141. The Bertz CT molecular complexity index is 323. The fraction of sp³-hybridized carbons (Fsp3) is 0.571. The van der Waals surface area contributed by atoms with Gasteiger partial charge in [0.05, 0.1) is 6.61 Å². The molecule has 0 spiro atoms. The average molecular weight is 221 g/mol. The molecular weight excluding hydrogens is 198 g/mol. The van der Waals surface area contributed by atoms with E-state index >= 15 is 0 Å². The zero-order chi connectivity index (χ0) is 12.0. The molecule has 0 heterocycles. The van der Waals surface area contributed by atoms with Crippen LogP contribution in [0, 0.1) is 6.92 Å². The largest absolute Gasteiger partial charge is 0.380 e. The minimum absolute atomic E-state index is 0.353. The van der Waals surface area contributed by atoms with Gasteiger partial charge >= 0.3 is 0 Å². The van der Waals surface area contributed by atoms with E-state index in [1.54, 1.807) is 0 Å². The predicted octanol–water partition coefficient (Wildman–Crippen LogP) is 3.39. The summed E-state index contributed by atoms with van der Waals surface area (Å²) in [6, 6.07) is 6.80. The number of benzene rings is 1. The number of hydrogen-bond donors (Lipinski definition) is 1. The van der Waals surface area contributed by atoms with E-state index in [2.05, 4.69) is 44.3 Å². The van der Waals surface area contributed by atoms with Crippen molar-refractivity contribution in [1.82, 2.24) is 0 Å². The Morgan fingerprint density at radius 2 is 2.06 bits per heavy atom. The molecule has 0 unspecified atom stereocenters. The van der Waals surface area contributed by atoms with Gasteiger partial charge < -0.3 is 10.1 Å². The third-order valence-electron chi connectivity index (χ3n) is 2.70. The van der Waals surface area contributed by atoms with Gasteiger partial charge in [-0.15, -0.1) is 0 Å². The Morgan fingerprint density at radius 1 is 1.31 bits per heavy atom. The van der Waals surface area contributed by atoms with E-state index in [1.807, 2.05) is 6.92 Å². The molecule has 0 fully saturated rings. The second-order valence-corrected chi connectivity index (χ2v) is 4.17. The molecule has 0 amide bonds. The zero-order valence-corrected chi connectivity index (χ0v) is 10.8. The number of nitrogens with one attached hydrogen (secondary N) is 1. The smallest absolute Gasteiger partial charge is 0.0664 e. The molecule has 1 aromatic rings. The van der Waals surface area contributed by atoms with Crippen molar-refractivity contribution in [1.29, 1.82) is 0 Å². The number of hydrogen-bond acceptors (Lipinski definition) is 2. The van der Waals surface area contributed by atoms with Gasteiger partial charge in [0.25, 0.3) is 0 Å². The van der Waals surface area contributed by atoms with E-state index in [0.717, 1.165) is 19.6 Å². The van der Waals surface area contributed by atoms with Crippen LogP contribution in [0.3, 0.4) is 0 Å². The maximum absolute atomic E-state index is 5.42. The summed E-state index contributed by atoms with van der Waals surface area (Å²) in [7, 11) is 0. The molecule has 1 rings (SSSR count).